The van der Waals surface area contributed by atoms with Crippen LogP contribution in [0, 0.1) is 0 Å². The van der Waals surface area contributed by atoms with Crippen LogP contribution in [0.4, 0.5) is 0 Å². The smallest absolute Gasteiger partial charge is 0.322 e. The van der Waals surface area contributed by atoms with E-state index in [4.69, 9.17) is 0 Å². The fraction of sp³-hybridized carbons (Fsp3) is 0.169. The van der Waals surface area contributed by atoms with Crippen LogP contribution < -0.4 is 21.3 Å². The van der Waals surface area contributed by atoms with Crippen molar-refractivity contribution in [2.75, 3.05) is 24.6 Å². The van der Waals surface area contributed by atoms with Crippen molar-refractivity contribution < 1.29 is 38.7 Å². The molecule has 74 heavy (non-hydrogen) atoms. The standard InChI is InChI=1S/C59H53N5O8S2/c65-51(62-48(54(68)61-37-52(66)67)35-40-21-7-1-8-22-40)36-60-55(69)49(38-73-53(41-23-9-2-10-24-41)42-25-11-3-12-26-42)63-56(70)50(64-57(71)46-33-19-20-34-47(46)58(64)72)39-74-59(43-27-13-4-14-28-43,44-29-15-5-16-30-44)45-31-17-6-18-32-45/h1-34,48-50,53H,35-39H2,(H,60,69)(H,61,68)(H,62,65)(H,63,70)(H,66,67). The van der Waals surface area contributed by atoms with Crippen molar-refractivity contribution in [3.05, 3.63) is 251 Å². The zero-order chi connectivity index (χ0) is 51.9. The molecule has 3 atom stereocenters. The van der Waals surface area contributed by atoms with E-state index in [-0.39, 0.29) is 34.3 Å². The highest BCUT2D eigenvalue weighted by molar-refractivity contribution is 8.00. The molecule has 0 radical (unpaired) electrons. The number of thioether (sulfide) groups is 2. The molecule has 5 N–H and O–H groups in total. The molecule has 1 aliphatic rings. The molecule has 13 nitrogen and oxygen atoms in total. The van der Waals surface area contributed by atoms with E-state index in [1.54, 1.807) is 54.6 Å². The number of nitrogens with zero attached hydrogens (tertiary/aromatic N) is 1. The summed E-state index contributed by atoms with van der Waals surface area (Å²) in [4.78, 5) is 98.2. The third-order valence-electron chi connectivity index (χ3n) is 12.5. The molecule has 6 amide bonds. The van der Waals surface area contributed by atoms with Crippen molar-refractivity contribution in [3.8, 4) is 0 Å². The minimum Gasteiger partial charge on any atom is -0.480 e. The predicted octanol–water partition coefficient (Wildman–Crippen LogP) is 7.43. The largest absolute Gasteiger partial charge is 0.480 e. The Balaban J connectivity index is 1.13. The van der Waals surface area contributed by atoms with Gasteiger partial charge in [-0.05, 0) is 45.5 Å². The maximum Gasteiger partial charge on any atom is 0.322 e. The Labute approximate surface area is 437 Å². The lowest BCUT2D eigenvalue weighted by atomic mass is 9.84. The Kier molecular flexibility index (Phi) is 17.5. The molecule has 1 aliphatic heterocycles. The molecular formula is C59H53N5O8S2. The molecule has 0 aromatic heterocycles. The molecule has 0 saturated heterocycles. The zero-order valence-electron chi connectivity index (χ0n) is 40.0. The van der Waals surface area contributed by atoms with Crippen molar-refractivity contribution in [2.45, 2.75) is 34.5 Å². The van der Waals surface area contributed by atoms with Crippen molar-refractivity contribution >= 4 is 64.9 Å². The van der Waals surface area contributed by atoms with Crippen LogP contribution in [0.1, 0.15) is 59.3 Å². The molecule has 0 fully saturated rings. The van der Waals surface area contributed by atoms with Crippen LogP contribution in [0.25, 0.3) is 0 Å². The zero-order valence-corrected chi connectivity index (χ0v) is 41.7. The first-order chi connectivity index (χ1) is 36.0. The number of amides is 6. The average Bonchev–Trinajstić information content (AvgIpc) is 3.70. The first kappa shape index (κ1) is 52.1. The van der Waals surface area contributed by atoms with Gasteiger partial charge in [-0.1, -0.05) is 194 Å². The van der Waals surface area contributed by atoms with Crippen LogP contribution in [0.3, 0.4) is 0 Å². The van der Waals surface area contributed by atoms with Crippen LogP contribution in [-0.4, -0.2) is 94.1 Å². The van der Waals surface area contributed by atoms with Crippen LogP contribution in [0.15, 0.2) is 206 Å². The Hall–Kier alpha value is -8.27. The quantitative estimate of drug-likeness (QED) is 0.0318. The van der Waals surface area contributed by atoms with Gasteiger partial charge in [-0.3, -0.25) is 38.5 Å². The number of carboxylic acids is 1. The topological polar surface area (TPSA) is 191 Å². The number of nitrogens with one attached hydrogen (secondary N) is 4. The van der Waals surface area contributed by atoms with Gasteiger partial charge in [0.1, 0.15) is 24.7 Å². The molecule has 8 rings (SSSR count). The molecule has 7 aromatic carbocycles. The third-order valence-corrected chi connectivity index (χ3v) is 15.5. The van der Waals surface area contributed by atoms with E-state index in [0.29, 0.717) is 5.56 Å². The van der Waals surface area contributed by atoms with Crippen LogP contribution in [0.2, 0.25) is 0 Å². The van der Waals surface area contributed by atoms with Crippen LogP contribution >= 0.6 is 23.5 Å². The molecule has 0 saturated carbocycles. The van der Waals surface area contributed by atoms with Gasteiger partial charge in [-0.2, -0.15) is 0 Å². The summed E-state index contributed by atoms with van der Waals surface area (Å²) in [6, 6.07) is 59.9. The summed E-state index contributed by atoms with van der Waals surface area (Å²) in [5, 5.41) is 19.4. The third kappa shape index (κ3) is 12.5. The SMILES string of the molecule is O=C(O)CNC(=O)C(Cc1ccccc1)NC(=O)CNC(=O)C(CSC(c1ccccc1)c1ccccc1)NC(=O)C(CSC(c1ccccc1)(c1ccccc1)c1ccccc1)N1C(=O)c2ccccc2C1=O. The summed E-state index contributed by atoms with van der Waals surface area (Å²) in [5.74, 6) is -5.77. The van der Waals surface area contributed by atoms with E-state index in [1.807, 2.05) is 152 Å². The Morgan fingerprint density at radius 2 is 0.905 bits per heavy atom. The number of fused-ring (bicyclic) bond motifs is 1. The molecule has 3 unspecified atom stereocenters. The predicted molar refractivity (Wildman–Crippen MR) is 287 cm³/mol. The minimum atomic E-state index is -1.46. The first-order valence-electron chi connectivity index (χ1n) is 23.9. The van der Waals surface area contributed by atoms with E-state index in [9.17, 15) is 33.9 Å². The van der Waals surface area contributed by atoms with E-state index in [0.717, 1.165) is 32.7 Å². The molecule has 7 aromatic rings. The summed E-state index contributed by atoms with van der Waals surface area (Å²) in [6.07, 6.45) is 0.0268. The monoisotopic (exact) mass is 1020 g/mol. The second kappa shape index (κ2) is 24.9. The number of carbonyl (C=O) groups is 7. The molecule has 15 heteroatoms. The number of carboxylic acid groups (broad SMARTS) is 1. The van der Waals surface area contributed by atoms with Crippen LogP contribution in [-0.2, 0) is 35.1 Å². The second-order valence-electron chi connectivity index (χ2n) is 17.4. The van der Waals surface area contributed by atoms with Gasteiger partial charge in [0, 0.05) is 17.9 Å². The minimum absolute atomic E-state index is 0.0268. The molecule has 0 aliphatic carbocycles. The summed E-state index contributed by atoms with van der Waals surface area (Å²) in [5.41, 5.74) is 5.49. The Morgan fingerprint density at radius 3 is 1.38 bits per heavy atom. The lowest BCUT2D eigenvalue weighted by molar-refractivity contribution is -0.138. The Bertz CT molecular complexity index is 2890. The summed E-state index contributed by atoms with van der Waals surface area (Å²) >= 11 is 2.76. The van der Waals surface area contributed by atoms with E-state index in [2.05, 4.69) is 21.3 Å². The van der Waals surface area contributed by atoms with Gasteiger partial charge in [-0.25, -0.2) is 0 Å². The number of benzene rings is 7. The van der Waals surface area contributed by atoms with Crippen molar-refractivity contribution in [1.82, 2.24) is 26.2 Å². The van der Waals surface area contributed by atoms with Gasteiger partial charge >= 0.3 is 5.97 Å². The first-order valence-corrected chi connectivity index (χ1v) is 26.0. The van der Waals surface area contributed by atoms with Crippen molar-refractivity contribution in [1.29, 1.82) is 0 Å². The molecule has 0 bridgehead atoms. The Morgan fingerprint density at radius 1 is 0.486 bits per heavy atom. The lowest BCUT2D eigenvalue weighted by Crippen LogP contribution is -2.58. The number of rotatable bonds is 23. The molecule has 1 heterocycles. The number of imide groups is 1. The molecule has 0 spiro atoms. The highest BCUT2D eigenvalue weighted by atomic mass is 32.2. The van der Waals surface area contributed by atoms with Gasteiger partial charge in [0.25, 0.3) is 11.8 Å². The number of carbonyl (C=O) groups excluding carboxylic acids is 6. The lowest BCUT2D eigenvalue weighted by Gasteiger charge is -2.37. The van der Waals surface area contributed by atoms with Crippen molar-refractivity contribution in [3.63, 3.8) is 0 Å². The maximum atomic E-state index is 15.4. The maximum absolute atomic E-state index is 15.4. The van der Waals surface area contributed by atoms with Crippen LogP contribution in [0.5, 0.6) is 0 Å². The number of aliphatic carboxylic acids is 1. The highest BCUT2D eigenvalue weighted by Gasteiger charge is 2.46. The average molecular weight is 1020 g/mol. The normalized spacial score (nSPS) is 13.3. The van der Waals surface area contributed by atoms with Gasteiger partial charge in [0.05, 0.1) is 27.7 Å². The van der Waals surface area contributed by atoms with E-state index in [1.165, 1.54) is 23.5 Å². The fourth-order valence-corrected chi connectivity index (χ4v) is 11.8. The molecule has 374 valence electrons. The van der Waals surface area contributed by atoms with Gasteiger partial charge in [0.2, 0.25) is 23.6 Å². The summed E-state index contributed by atoms with van der Waals surface area (Å²) < 4.78 is -0.970. The number of hydrogen-bond acceptors (Lipinski definition) is 9. The van der Waals surface area contributed by atoms with Gasteiger partial charge in [-0.15, -0.1) is 23.5 Å². The van der Waals surface area contributed by atoms with Gasteiger partial charge < -0.3 is 26.4 Å². The number of hydrogen-bond donors (Lipinski definition) is 5. The van der Waals surface area contributed by atoms with Gasteiger partial charge in [0.15, 0.2) is 0 Å². The second-order valence-corrected chi connectivity index (χ2v) is 19.7. The van der Waals surface area contributed by atoms with E-state index < -0.39 is 77.4 Å². The van der Waals surface area contributed by atoms with Crippen molar-refractivity contribution in [2.24, 2.45) is 0 Å². The molecular weight excluding hydrogens is 971 g/mol. The highest BCUT2D eigenvalue weighted by Crippen LogP contribution is 2.49. The summed E-state index contributed by atoms with van der Waals surface area (Å²) in [7, 11) is 0. The van der Waals surface area contributed by atoms with E-state index >= 15 is 4.79 Å². The summed E-state index contributed by atoms with van der Waals surface area (Å²) in [6.45, 7) is -1.30. The fourth-order valence-electron chi connectivity index (χ4n) is 8.90.